The lowest BCUT2D eigenvalue weighted by atomic mass is 9.91. The number of fused-ring (bicyclic) bond motifs is 8. The van der Waals surface area contributed by atoms with Crippen LogP contribution < -0.4 is 30.4 Å². The van der Waals surface area contributed by atoms with Gasteiger partial charge in [-0.05, 0) is 72.2 Å². The molecule has 1 aliphatic carbocycles. The molecule has 4 aromatic rings. The second-order valence-electron chi connectivity index (χ2n) is 13.5. The minimum Gasteiger partial charge on any atom is -0.483 e. The third-order valence-corrected chi connectivity index (χ3v) is 9.87. The van der Waals surface area contributed by atoms with Crippen LogP contribution in [0.15, 0.2) is 72.8 Å². The van der Waals surface area contributed by atoms with Gasteiger partial charge in [0.2, 0.25) is 0 Å². The van der Waals surface area contributed by atoms with Gasteiger partial charge in [0.25, 0.3) is 23.6 Å². The Labute approximate surface area is 328 Å². The molecule has 0 atom stereocenters. The first-order valence-electron chi connectivity index (χ1n) is 19.1. The molecule has 4 aromatic carbocycles. The third-order valence-electron chi connectivity index (χ3n) is 9.87. The Bertz CT molecular complexity index is 1810. The zero-order valence-electron chi connectivity index (χ0n) is 32.7. The molecule has 0 unspecified atom stereocenters. The van der Waals surface area contributed by atoms with Crippen molar-refractivity contribution in [3.8, 4) is 23.0 Å². The van der Waals surface area contributed by atoms with Crippen LogP contribution in [0.5, 0.6) is 23.0 Å². The summed E-state index contributed by atoms with van der Waals surface area (Å²) >= 11 is 0. The van der Waals surface area contributed by atoms with Gasteiger partial charge in [-0.15, -0.1) is 0 Å². The minimum atomic E-state index is -0.620. The summed E-state index contributed by atoms with van der Waals surface area (Å²) in [4.78, 5) is 54.0. The van der Waals surface area contributed by atoms with Crippen molar-refractivity contribution in [1.82, 2.24) is 9.80 Å². The Morgan fingerprint density at radius 3 is 0.839 bits per heavy atom. The number of amides is 4. The molecule has 0 radical (unpaired) electrons. The van der Waals surface area contributed by atoms with Crippen molar-refractivity contribution in [1.29, 1.82) is 0 Å². The van der Waals surface area contributed by atoms with E-state index in [1.165, 1.54) is 0 Å². The van der Waals surface area contributed by atoms with Crippen LogP contribution in [0, 0.1) is 0 Å². The standard InChI is InChI=1S/C44H52N4O8/c1-5-47(6-2)39(51)27-55-43-33-17-11-18-34(43)22-30-14-10-16-32(42(30)54-26-38(46)50)24-36-20-12-19-35(44(36)56-28-40(52)48(7-3)8-4)23-31-15-9-13-29(21-33)41(31)53-25-37(45)49/h9-20H,5-8,21-28H2,1-4H3,(H2,45,49)(H2,46,50). The summed E-state index contributed by atoms with van der Waals surface area (Å²) in [6.45, 7) is 8.88. The predicted molar refractivity (Wildman–Crippen MR) is 213 cm³/mol. The molecule has 0 heterocycles. The Balaban J connectivity index is 1.72. The average molecular weight is 765 g/mol. The summed E-state index contributed by atoms with van der Waals surface area (Å²) < 4.78 is 25.2. The molecule has 4 N–H and O–H groups in total. The van der Waals surface area contributed by atoms with E-state index >= 15 is 0 Å². The van der Waals surface area contributed by atoms with Crippen molar-refractivity contribution in [2.75, 3.05) is 52.6 Å². The summed E-state index contributed by atoms with van der Waals surface area (Å²) in [7, 11) is 0. The summed E-state index contributed by atoms with van der Waals surface area (Å²) in [5, 5.41) is 0. The Hall–Kier alpha value is -6.04. The Morgan fingerprint density at radius 2 is 0.643 bits per heavy atom. The highest BCUT2D eigenvalue weighted by Crippen LogP contribution is 2.39. The van der Waals surface area contributed by atoms with Crippen LogP contribution in [-0.2, 0) is 44.9 Å². The first-order chi connectivity index (χ1) is 27.1. The van der Waals surface area contributed by atoms with Gasteiger partial charge in [-0.3, -0.25) is 19.2 Å². The smallest absolute Gasteiger partial charge is 0.260 e. The van der Waals surface area contributed by atoms with Crippen LogP contribution in [0.2, 0.25) is 0 Å². The van der Waals surface area contributed by atoms with Gasteiger partial charge in [-0.2, -0.15) is 0 Å². The quantitative estimate of drug-likeness (QED) is 0.148. The molecule has 0 aromatic heterocycles. The number of para-hydroxylation sites is 4. The molecule has 8 bridgehead atoms. The fourth-order valence-corrected chi connectivity index (χ4v) is 7.12. The van der Waals surface area contributed by atoms with Crippen molar-refractivity contribution in [3.05, 3.63) is 117 Å². The first-order valence-corrected chi connectivity index (χ1v) is 19.1. The molecular weight excluding hydrogens is 713 g/mol. The molecule has 0 fully saturated rings. The van der Waals surface area contributed by atoms with E-state index in [-0.39, 0.29) is 38.2 Å². The molecule has 5 rings (SSSR count). The van der Waals surface area contributed by atoms with E-state index in [1.807, 2.05) is 100 Å². The molecule has 56 heavy (non-hydrogen) atoms. The van der Waals surface area contributed by atoms with Crippen LogP contribution >= 0.6 is 0 Å². The largest absolute Gasteiger partial charge is 0.483 e. The summed E-state index contributed by atoms with van der Waals surface area (Å²) in [6, 6.07) is 23.2. The van der Waals surface area contributed by atoms with Crippen LogP contribution in [0.25, 0.3) is 0 Å². The van der Waals surface area contributed by atoms with Gasteiger partial charge < -0.3 is 40.2 Å². The number of hydrogen-bond acceptors (Lipinski definition) is 8. The van der Waals surface area contributed by atoms with Gasteiger partial charge in [-0.25, -0.2) is 0 Å². The van der Waals surface area contributed by atoms with Crippen molar-refractivity contribution >= 4 is 23.6 Å². The zero-order chi connectivity index (χ0) is 40.2. The maximum absolute atomic E-state index is 13.2. The number of likely N-dealkylation sites (N-methyl/N-ethyl adjacent to an activating group) is 2. The molecule has 0 aliphatic heterocycles. The maximum Gasteiger partial charge on any atom is 0.260 e. The van der Waals surface area contributed by atoms with Gasteiger partial charge in [0.1, 0.15) is 23.0 Å². The third kappa shape index (κ3) is 10.2. The molecule has 296 valence electrons. The van der Waals surface area contributed by atoms with Crippen LogP contribution in [0.1, 0.15) is 72.2 Å². The van der Waals surface area contributed by atoms with E-state index in [0.717, 1.165) is 44.5 Å². The topological polar surface area (TPSA) is 164 Å². The SMILES string of the molecule is CCN(CC)C(=O)COc1c2cccc1Cc1cccc(c1OCC(N)=O)Cc1cccc(c1OCC(=O)N(CC)CC)Cc1cccc(c1OCC(N)=O)C2. The molecule has 12 nitrogen and oxygen atoms in total. The number of nitrogens with two attached hydrogens (primary N) is 2. The fraction of sp³-hybridized carbons (Fsp3) is 0.364. The number of ether oxygens (including phenoxy) is 4. The molecular formula is C44H52N4O8. The second-order valence-corrected chi connectivity index (χ2v) is 13.5. The van der Waals surface area contributed by atoms with Crippen molar-refractivity contribution in [2.45, 2.75) is 53.4 Å². The first kappa shape index (κ1) is 41.1. The molecule has 0 saturated carbocycles. The van der Waals surface area contributed by atoms with E-state index < -0.39 is 11.8 Å². The second kappa shape index (κ2) is 19.5. The molecule has 1 aliphatic rings. The molecule has 0 saturated heterocycles. The van der Waals surface area contributed by atoms with Crippen molar-refractivity contribution in [2.24, 2.45) is 11.5 Å². The molecule has 0 spiro atoms. The maximum atomic E-state index is 13.2. The van der Waals surface area contributed by atoms with E-state index in [1.54, 1.807) is 9.80 Å². The highest BCUT2D eigenvalue weighted by atomic mass is 16.5. The Morgan fingerprint density at radius 1 is 0.429 bits per heavy atom. The van der Waals surface area contributed by atoms with Crippen LogP contribution in [0.3, 0.4) is 0 Å². The average Bonchev–Trinajstić information content (AvgIpc) is 3.17. The predicted octanol–water partition coefficient (Wildman–Crippen LogP) is 4.59. The van der Waals surface area contributed by atoms with Gasteiger partial charge >= 0.3 is 0 Å². The number of nitrogens with zero attached hydrogens (tertiary/aromatic N) is 2. The van der Waals surface area contributed by atoms with E-state index in [0.29, 0.717) is 74.9 Å². The number of primary amides is 2. The highest BCUT2D eigenvalue weighted by molar-refractivity contribution is 5.78. The highest BCUT2D eigenvalue weighted by Gasteiger charge is 2.23. The van der Waals surface area contributed by atoms with Gasteiger partial charge in [-0.1, -0.05) is 72.8 Å². The lowest BCUT2D eigenvalue weighted by Gasteiger charge is -2.24. The van der Waals surface area contributed by atoms with E-state index in [4.69, 9.17) is 30.4 Å². The summed E-state index contributed by atoms with van der Waals surface area (Å²) in [6.07, 6.45) is 1.32. The number of hydrogen-bond donors (Lipinski definition) is 2. The van der Waals surface area contributed by atoms with E-state index in [2.05, 4.69) is 0 Å². The lowest BCUT2D eigenvalue weighted by molar-refractivity contribution is -0.133. The molecule has 4 amide bonds. The van der Waals surface area contributed by atoms with Crippen LogP contribution in [-0.4, -0.2) is 86.0 Å². The minimum absolute atomic E-state index is 0.143. The summed E-state index contributed by atoms with van der Waals surface area (Å²) in [5.41, 5.74) is 17.4. The number of carbonyl (C=O) groups excluding carboxylic acids is 4. The summed E-state index contributed by atoms with van der Waals surface area (Å²) in [5.74, 6) is 0.545. The normalized spacial score (nSPS) is 11.9. The zero-order valence-corrected chi connectivity index (χ0v) is 32.7. The van der Waals surface area contributed by atoms with Gasteiger partial charge in [0, 0.05) is 51.9 Å². The lowest BCUT2D eigenvalue weighted by Crippen LogP contribution is -2.34. The number of carbonyl (C=O) groups is 4. The van der Waals surface area contributed by atoms with Crippen molar-refractivity contribution in [3.63, 3.8) is 0 Å². The van der Waals surface area contributed by atoms with Crippen molar-refractivity contribution < 1.29 is 38.1 Å². The Kier molecular flexibility index (Phi) is 14.3. The van der Waals surface area contributed by atoms with Crippen LogP contribution in [0.4, 0.5) is 0 Å². The van der Waals surface area contributed by atoms with Gasteiger partial charge in [0.15, 0.2) is 26.4 Å². The number of rotatable bonds is 16. The fourth-order valence-electron chi connectivity index (χ4n) is 7.12. The molecule has 12 heteroatoms. The monoisotopic (exact) mass is 764 g/mol. The van der Waals surface area contributed by atoms with E-state index in [9.17, 15) is 19.2 Å². The number of benzene rings is 4. The van der Waals surface area contributed by atoms with Gasteiger partial charge in [0.05, 0.1) is 0 Å².